The Morgan fingerprint density at radius 1 is 1.10 bits per heavy atom. The van der Waals surface area contributed by atoms with E-state index in [-0.39, 0.29) is 24.7 Å². The van der Waals surface area contributed by atoms with Crippen molar-refractivity contribution in [2.45, 2.75) is 25.6 Å². The van der Waals surface area contributed by atoms with Gasteiger partial charge in [-0.3, -0.25) is 9.79 Å². The SMILES string of the molecule is CCc1cccc(NC(=O)CNC(=NC)NCc2cc(F)ccc2CS(C)(=O)=O)c1. The molecule has 7 nitrogen and oxygen atoms in total. The van der Waals surface area contributed by atoms with Gasteiger partial charge in [0.25, 0.3) is 0 Å². The number of guanidine groups is 1. The van der Waals surface area contributed by atoms with Gasteiger partial charge in [0.15, 0.2) is 15.8 Å². The minimum absolute atomic E-state index is 0.0185. The van der Waals surface area contributed by atoms with Crippen LogP contribution in [0.1, 0.15) is 23.6 Å². The van der Waals surface area contributed by atoms with Crippen LogP contribution < -0.4 is 16.0 Å². The number of carbonyl (C=O) groups excluding carboxylic acids is 1. The van der Waals surface area contributed by atoms with E-state index in [4.69, 9.17) is 0 Å². The normalized spacial score (nSPS) is 11.8. The molecule has 162 valence electrons. The standard InChI is InChI=1S/C21H27FN4O3S/c1-4-15-6-5-7-19(10-15)26-20(27)13-25-21(23-2)24-12-17-11-18(22)9-8-16(17)14-30(3,28)29/h5-11H,4,12-14H2,1-3H3,(H,26,27)(H2,23,24,25). The second kappa shape index (κ2) is 10.7. The van der Waals surface area contributed by atoms with E-state index >= 15 is 0 Å². The lowest BCUT2D eigenvalue weighted by Crippen LogP contribution is -2.41. The van der Waals surface area contributed by atoms with E-state index in [0.717, 1.165) is 18.2 Å². The predicted molar refractivity (Wildman–Crippen MR) is 118 cm³/mol. The van der Waals surface area contributed by atoms with Crippen LogP contribution in [0.3, 0.4) is 0 Å². The minimum atomic E-state index is -3.26. The largest absolute Gasteiger partial charge is 0.352 e. The molecule has 2 rings (SSSR count). The number of nitrogens with one attached hydrogen (secondary N) is 3. The first kappa shape index (κ1) is 23.3. The van der Waals surface area contributed by atoms with E-state index in [1.165, 1.54) is 18.2 Å². The molecular weight excluding hydrogens is 407 g/mol. The number of sulfone groups is 1. The number of nitrogens with zero attached hydrogens (tertiary/aromatic N) is 1. The van der Waals surface area contributed by atoms with E-state index in [2.05, 4.69) is 20.9 Å². The summed E-state index contributed by atoms with van der Waals surface area (Å²) >= 11 is 0. The number of hydrogen-bond donors (Lipinski definition) is 3. The first-order valence-electron chi connectivity index (χ1n) is 9.48. The number of benzene rings is 2. The molecule has 0 aliphatic carbocycles. The van der Waals surface area contributed by atoms with Crippen molar-refractivity contribution in [2.75, 3.05) is 25.2 Å². The van der Waals surface area contributed by atoms with Crippen molar-refractivity contribution in [1.29, 1.82) is 0 Å². The quantitative estimate of drug-likeness (QED) is 0.437. The van der Waals surface area contributed by atoms with E-state index in [0.29, 0.717) is 22.8 Å². The molecule has 0 atom stereocenters. The highest BCUT2D eigenvalue weighted by molar-refractivity contribution is 7.89. The zero-order valence-corrected chi connectivity index (χ0v) is 18.1. The maximum atomic E-state index is 13.6. The number of hydrogen-bond acceptors (Lipinski definition) is 4. The van der Waals surface area contributed by atoms with Crippen LogP contribution in [0.15, 0.2) is 47.5 Å². The van der Waals surface area contributed by atoms with Crippen LogP contribution in [0.2, 0.25) is 0 Å². The Balaban J connectivity index is 1.93. The zero-order chi connectivity index (χ0) is 22.1. The van der Waals surface area contributed by atoms with Gasteiger partial charge < -0.3 is 16.0 Å². The minimum Gasteiger partial charge on any atom is -0.352 e. The fraction of sp³-hybridized carbons (Fsp3) is 0.333. The molecule has 0 heterocycles. The Kier molecular flexibility index (Phi) is 8.35. The van der Waals surface area contributed by atoms with E-state index < -0.39 is 15.7 Å². The van der Waals surface area contributed by atoms with Crippen LogP contribution in [0.4, 0.5) is 10.1 Å². The number of halogens is 1. The van der Waals surface area contributed by atoms with Crippen molar-refractivity contribution < 1.29 is 17.6 Å². The molecule has 0 aliphatic rings. The first-order chi connectivity index (χ1) is 14.2. The summed E-state index contributed by atoms with van der Waals surface area (Å²) in [5.41, 5.74) is 2.85. The van der Waals surface area contributed by atoms with Gasteiger partial charge >= 0.3 is 0 Å². The molecule has 30 heavy (non-hydrogen) atoms. The summed E-state index contributed by atoms with van der Waals surface area (Å²) in [4.78, 5) is 16.2. The molecule has 0 unspecified atom stereocenters. The molecular formula is C21H27FN4O3S. The number of carbonyl (C=O) groups is 1. The summed E-state index contributed by atoms with van der Waals surface area (Å²) in [7, 11) is -1.72. The van der Waals surface area contributed by atoms with Crippen LogP contribution in [-0.2, 0) is 33.4 Å². The third-order valence-electron chi connectivity index (χ3n) is 4.29. The number of amides is 1. The van der Waals surface area contributed by atoms with Crippen molar-refractivity contribution in [2.24, 2.45) is 4.99 Å². The predicted octanol–water partition coefficient (Wildman–Crippen LogP) is 2.24. The third kappa shape index (κ3) is 7.82. The van der Waals surface area contributed by atoms with Crippen molar-refractivity contribution in [3.63, 3.8) is 0 Å². The maximum absolute atomic E-state index is 13.6. The van der Waals surface area contributed by atoms with Gasteiger partial charge in [-0.1, -0.05) is 25.1 Å². The Labute approximate surface area is 176 Å². The number of aryl methyl sites for hydroxylation is 1. The van der Waals surface area contributed by atoms with Crippen LogP contribution in [0, 0.1) is 5.82 Å². The summed E-state index contributed by atoms with van der Waals surface area (Å²) in [5, 5.41) is 8.67. The fourth-order valence-corrected chi connectivity index (χ4v) is 3.67. The zero-order valence-electron chi connectivity index (χ0n) is 17.3. The topological polar surface area (TPSA) is 99.7 Å². The van der Waals surface area contributed by atoms with Crippen molar-refractivity contribution in [3.8, 4) is 0 Å². The first-order valence-corrected chi connectivity index (χ1v) is 11.5. The average Bonchev–Trinajstić information content (AvgIpc) is 2.69. The molecule has 0 spiro atoms. The Morgan fingerprint density at radius 3 is 2.53 bits per heavy atom. The van der Waals surface area contributed by atoms with Gasteiger partial charge in [-0.05, 0) is 47.4 Å². The number of aliphatic imine (C=N–C) groups is 1. The molecule has 2 aromatic carbocycles. The second-order valence-corrected chi connectivity index (χ2v) is 9.00. The van der Waals surface area contributed by atoms with Gasteiger partial charge in [-0.15, -0.1) is 0 Å². The third-order valence-corrected chi connectivity index (χ3v) is 5.13. The monoisotopic (exact) mass is 434 g/mol. The molecule has 2 aromatic rings. The molecule has 3 N–H and O–H groups in total. The Morgan fingerprint density at radius 2 is 1.87 bits per heavy atom. The van der Waals surface area contributed by atoms with Gasteiger partial charge in [-0.25, -0.2) is 12.8 Å². The average molecular weight is 435 g/mol. The molecule has 0 saturated carbocycles. The molecule has 0 bridgehead atoms. The van der Waals surface area contributed by atoms with Gasteiger partial charge in [0.05, 0.1) is 12.3 Å². The summed E-state index contributed by atoms with van der Waals surface area (Å²) < 4.78 is 36.8. The highest BCUT2D eigenvalue weighted by atomic mass is 32.2. The van der Waals surface area contributed by atoms with Gasteiger partial charge in [-0.2, -0.15) is 0 Å². The highest BCUT2D eigenvalue weighted by Crippen LogP contribution is 2.14. The van der Waals surface area contributed by atoms with Crippen LogP contribution >= 0.6 is 0 Å². The summed E-state index contributed by atoms with van der Waals surface area (Å²) in [6.45, 7) is 2.18. The molecule has 0 fully saturated rings. The number of anilines is 1. The second-order valence-electron chi connectivity index (χ2n) is 6.86. The molecule has 9 heteroatoms. The Bertz CT molecular complexity index is 1020. The summed E-state index contributed by atoms with van der Waals surface area (Å²) in [5.74, 6) is -0.548. The molecule has 0 radical (unpaired) electrons. The molecule has 0 saturated heterocycles. The lowest BCUT2D eigenvalue weighted by molar-refractivity contribution is -0.115. The van der Waals surface area contributed by atoms with Gasteiger partial charge in [0, 0.05) is 25.5 Å². The number of rotatable bonds is 8. The smallest absolute Gasteiger partial charge is 0.243 e. The maximum Gasteiger partial charge on any atom is 0.243 e. The van der Waals surface area contributed by atoms with Crippen molar-refractivity contribution in [1.82, 2.24) is 10.6 Å². The lowest BCUT2D eigenvalue weighted by Gasteiger charge is -2.14. The summed E-state index contributed by atoms with van der Waals surface area (Å²) in [6.07, 6.45) is 2.00. The van der Waals surface area contributed by atoms with E-state index in [9.17, 15) is 17.6 Å². The van der Waals surface area contributed by atoms with Crippen LogP contribution in [-0.4, -0.2) is 40.1 Å². The molecule has 1 amide bonds. The Hall–Kier alpha value is -2.94. The van der Waals surface area contributed by atoms with Crippen LogP contribution in [0.25, 0.3) is 0 Å². The lowest BCUT2D eigenvalue weighted by atomic mass is 10.1. The van der Waals surface area contributed by atoms with Crippen molar-refractivity contribution in [3.05, 3.63) is 65.0 Å². The van der Waals surface area contributed by atoms with Gasteiger partial charge in [0.1, 0.15) is 5.82 Å². The highest BCUT2D eigenvalue weighted by Gasteiger charge is 2.11. The van der Waals surface area contributed by atoms with E-state index in [1.54, 1.807) is 7.05 Å². The van der Waals surface area contributed by atoms with Crippen molar-refractivity contribution >= 4 is 27.4 Å². The summed E-state index contributed by atoms with van der Waals surface area (Å²) in [6, 6.07) is 11.6. The molecule has 0 aliphatic heterocycles. The molecule has 0 aromatic heterocycles. The van der Waals surface area contributed by atoms with E-state index in [1.807, 2.05) is 31.2 Å². The van der Waals surface area contributed by atoms with Crippen LogP contribution in [0.5, 0.6) is 0 Å². The fourth-order valence-electron chi connectivity index (χ4n) is 2.82. The van der Waals surface area contributed by atoms with Gasteiger partial charge in [0.2, 0.25) is 5.91 Å².